The SMILES string of the molecule is O=C(NC1CCCC1)C(c1ccc(F)cc1)N(C(=O)Cn1nnc(-c2ccc(Cl)cc2)n1)c1ccc2c(c1)OCCO2. The summed E-state index contributed by atoms with van der Waals surface area (Å²) in [6.45, 7) is 0.443. The van der Waals surface area contributed by atoms with Gasteiger partial charge in [-0.15, -0.1) is 10.2 Å². The fourth-order valence-electron chi connectivity index (χ4n) is 5.25. The van der Waals surface area contributed by atoms with E-state index in [0.717, 1.165) is 25.7 Å². The van der Waals surface area contributed by atoms with Crippen LogP contribution in [0.4, 0.5) is 10.1 Å². The van der Waals surface area contributed by atoms with Crippen LogP contribution in [0.5, 0.6) is 11.5 Å². The Morgan fingerprint density at radius 3 is 2.45 bits per heavy atom. The summed E-state index contributed by atoms with van der Waals surface area (Å²) in [6.07, 6.45) is 3.75. The molecule has 1 aliphatic heterocycles. The molecule has 1 saturated carbocycles. The summed E-state index contributed by atoms with van der Waals surface area (Å²) in [5.41, 5.74) is 1.53. The van der Waals surface area contributed by atoms with Gasteiger partial charge >= 0.3 is 0 Å². The number of aromatic nitrogens is 4. The van der Waals surface area contributed by atoms with Crippen molar-refractivity contribution in [1.82, 2.24) is 25.5 Å². The molecule has 10 nitrogen and oxygen atoms in total. The molecule has 2 aliphatic rings. The number of anilines is 1. The zero-order valence-corrected chi connectivity index (χ0v) is 23.3. The Hall–Kier alpha value is -4.51. The molecular formula is C30H28ClFN6O4. The molecule has 2 amide bonds. The molecular weight excluding hydrogens is 563 g/mol. The van der Waals surface area contributed by atoms with E-state index < -0.39 is 17.8 Å². The zero-order valence-electron chi connectivity index (χ0n) is 22.6. The van der Waals surface area contributed by atoms with Crippen LogP contribution < -0.4 is 19.7 Å². The number of nitrogens with zero attached hydrogens (tertiary/aromatic N) is 5. The Morgan fingerprint density at radius 1 is 1.00 bits per heavy atom. The van der Waals surface area contributed by atoms with Crippen molar-refractivity contribution >= 4 is 29.1 Å². The Morgan fingerprint density at radius 2 is 1.71 bits per heavy atom. The summed E-state index contributed by atoms with van der Waals surface area (Å²) >= 11 is 6.00. The molecule has 216 valence electrons. The van der Waals surface area contributed by atoms with Crippen LogP contribution in [0.2, 0.25) is 5.02 Å². The molecule has 42 heavy (non-hydrogen) atoms. The maximum Gasteiger partial charge on any atom is 0.251 e. The van der Waals surface area contributed by atoms with E-state index in [2.05, 4.69) is 20.7 Å². The molecule has 1 aromatic heterocycles. The molecule has 4 aromatic rings. The first kappa shape index (κ1) is 27.6. The lowest BCUT2D eigenvalue weighted by molar-refractivity contribution is -0.127. The molecule has 1 fully saturated rings. The maximum atomic E-state index is 14.1. The van der Waals surface area contributed by atoms with Crippen molar-refractivity contribution in [2.24, 2.45) is 0 Å². The summed E-state index contributed by atoms with van der Waals surface area (Å²) in [7, 11) is 0. The first-order chi connectivity index (χ1) is 20.4. The number of fused-ring (bicyclic) bond motifs is 1. The molecule has 0 bridgehead atoms. The van der Waals surface area contributed by atoms with Crippen molar-refractivity contribution in [2.45, 2.75) is 44.3 Å². The number of hydrogen-bond acceptors (Lipinski definition) is 7. The van der Waals surface area contributed by atoms with Gasteiger partial charge in [0, 0.05) is 28.4 Å². The average molecular weight is 591 g/mol. The van der Waals surface area contributed by atoms with Crippen molar-refractivity contribution in [3.05, 3.63) is 83.1 Å². The molecule has 0 radical (unpaired) electrons. The number of carbonyl (C=O) groups excluding carboxylic acids is 2. The van der Waals surface area contributed by atoms with Crippen LogP contribution in [0.15, 0.2) is 66.7 Å². The molecule has 3 aromatic carbocycles. The van der Waals surface area contributed by atoms with Crippen LogP contribution >= 0.6 is 11.6 Å². The Balaban J connectivity index is 1.38. The number of halogens is 2. The second-order valence-electron chi connectivity index (χ2n) is 10.2. The van der Waals surface area contributed by atoms with E-state index in [4.69, 9.17) is 21.1 Å². The third-order valence-corrected chi connectivity index (χ3v) is 7.55. The third-order valence-electron chi connectivity index (χ3n) is 7.30. The maximum absolute atomic E-state index is 14.1. The normalized spacial score (nSPS) is 15.3. The smallest absolute Gasteiger partial charge is 0.251 e. The largest absolute Gasteiger partial charge is 0.486 e. The van der Waals surface area contributed by atoms with Crippen LogP contribution in [0.25, 0.3) is 11.4 Å². The van der Waals surface area contributed by atoms with Crippen LogP contribution in [-0.4, -0.2) is 51.3 Å². The Kier molecular flexibility index (Phi) is 8.00. The molecule has 2 heterocycles. The number of tetrazole rings is 1. The van der Waals surface area contributed by atoms with Gasteiger partial charge in [0.15, 0.2) is 11.5 Å². The van der Waals surface area contributed by atoms with E-state index in [0.29, 0.717) is 52.4 Å². The predicted octanol–water partition coefficient (Wildman–Crippen LogP) is 4.74. The minimum atomic E-state index is -1.11. The van der Waals surface area contributed by atoms with E-state index in [1.165, 1.54) is 34.0 Å². The number of hydrogen-bond donors (Lipinski definition) is 1. The van der Waals surface area contributed by atoms with E-state index in [9.17, 15) is 14.0 Å². The topological polar surface area (TPSA) is 111 Å². The van der Waals surface area contributed by atoms with Crippen LogP contribution in [0.1, 0.15) is 37.3 Å². The molecule has 1 atom stereocenters. The van der Waals surface area contributed by atoms with Gasteiger partial charge in [-0.3, -0.25) is 14.5 Å². The number of carbonyl (C=O) groups is 2. The fourth-order valence-corrected chi connectivity index (χ4v) is 5.38. The van der Waals surface area contributed by atoms with Crippen molar-refractivity contribution in [2.75, 3.05) is 18.1 Å². The molecule has 12 heteroatoms. The Labute approximate surface area is 246 Å². The summed E-state index contributed by atoms with van der Waals surface area (Å²) in [5, 5.41) is 16.2. The predicted molar refractivity (Wildman–Crippen MR) is 153 cm³/mol. The first-order valence-corrected chi connectivity index (χ1v) is 14.1. The van der Waals surface area contributed by atoms with Gasteiger partial charge in [-0.1, -0.05) is 36.6 Å². The van der Waals surface area contributed by atoms with Gasteiger partial charge in [0.05, 0.1) is 0 Å². The molecule has 1 aliphatic carbocycles. The average Bonchev–Trinajstić information content (AvgIpc) is 3.69. The molecule has 1 unspecified atom stereocenters. The summed E-state index contributed by atoms with van der Waals surface area (Å²) < 4.78 is 25.4. The lowest BCUT2D eigenvalue weighted by atomic mass is 10.0. The van der Waals surface area contributed by atoms with Crippen molar-refractivity contribution in [3.63, 3.8) is 0 Å². The number of ether oxygens (including phenoxy) is 2. The van der Waals surface area contributed by atoms with Gasteiger partial charge in [-0.25, -0.2) is 4.39 Å². The molecule has 0 spiro atoms. The van der Waals surface area contributed by atoms with Gasteiger partial charge in [-0.05, 0) is 72.1 Å². The highest BCUT2D eigenvalue weighted by Crippen LogP contribution is 2.37. The van der Waals surface area contributed by atoms with Gasteiger partial charge < -0.3 is 14.8 Å². The van der Waals surface area contributed by atoms with Crippen LogP contribution in [-0.2, 0) is 16.1 Å². The number of nitrogens with one attached hydrogen (secondary N) is 1. The minimum Gasteiger partial charge on any atom is -0.486 e. The molecule has 6 rings (SSSR count). The third kappa shape index (κ3) is 6.06. The van der Waals surface area contributed by atoms with E-state index in [1.54, 1.807) is 42.5 Å². The van der Waals surface area contributed by atoms with E-state index in [1.807, 2.05) is 0 Å². The minimum absolute atomic E-state index is 0.00316. The molecule has 0 saturated heterocycles. The van der Waals surface area contributed by atoms with Crippen LogP contribution in [0.3, 0.4) is 0 Å². The lowest BCUT2D eigenvalue weighted by Crippen LogP contribution is -2.47. The second-order valence-corrected chi connectivity index (χ2v) is 10.6. The van der Waals surface area contributed by atoms with Gasteiger partial charge in [-0.2, -0.15) is 4.80 Å². The lowest BCUT2D eigenvalue weighted by Gasteiger charge is -2.33. The highest BCUT2D eigenvalue weighted by molar-refractivity contribution is 6.30. The van der Waals surface area contributed by atoms with Gasteiger partial charge in [0.1, 0.15) is 31.6 Å². The Bertz CT molecular complexity index is 1570. The first-order valence-electron chi connectivity index (χ1n) is 13.8. The van der Waals surface area contributed by atoms with Crippen molar-refractivity contribution in [1.29, 1.82) is 0 Å². The second kappa shape index (κ2) is 12.2. The monoisotopic (exact) mass is 590 g/mol. The quantitative estimate of drug-likeness (QED) is 0.316. The zero-order chi connectivity index (χ0) is 29.1. The summed E-state index contributed by atoms with van der Waals surface area (Å²) in [4.78, 5) is 30.6. The van der Waals surface area contributed by atoms with E-state index in [-0.39, 0.29) is 18.5 Å². The number of rotatable bonds is 8. The highest BCUT2D eigenvalue weighted by atomic mass is 35.5. The summed E-state index contributed by atoms with van der Waals surface area (Å²) in [5.74, 6) is 0.00541. The van der Waals surface area contributed by atoms with Crippen molar-refractivity contribution in [3.8, 4) is 22.9 Å². The highest BCUT2D eigenvalue weighted by Gasteiger charge is 2.35. The fraction of sp³-hybridized carbons (Fsp3) is 0.300. The van der Waals surface area contributed by atoms with E-state index >= 15 is 0 Å². The van der Waals surface area contributed by atoms with Crippen molar-refractivity contribution < 1.29 is 23.5 Å². The number of benzene rings is 3. The van der Waals surface area contributed by atoms with Gasteiger partial charge in [0.2, 0.25) is 11.7 Å². The van der Waals surface area contributed by atoms with Crippen LogP contribution in [0, 0.1) is 5.82 Å². The summed E-state index contributed by atoms with van der Waals surface area (Å²) in [6, 6.07) is 16.4. The van der Waals surface area contributed by atoms with Gasteiger partial charge in [0.25, 0.3) is 5.91 Å². The standard InChI is InChI=1S/C30H28ClFN6O4/c31-21-9-5-20(6-10-21)29-34-36-37(35-29)18-27(39)38(24-13-14-25-26(17-24)42-16-15-41-25)28(19-7-11-22(32)12-8-19)30(40)33-23-3-1-2-4-23/h5-14,17,23,28H,1-4,15-16,18H2,(H,33,40). The molecule has 1 N–H and O–H groups in total. The number of amides is 2.